The highest BCUT2D eigenvalue weighted by atomic mass is 35.5. The highest BCUT2D eigenvalue weighted by Gasteiger charge is 2.40. The fraction of sp³-hybridized carbons (Fsp3) is 0.333. The lowest BCUT2D eigenvalue weighted by atomic mass is 9.96. The van der Waals surface area contributed by atoms with Gasteiger partial charge in [-0.25, -0.2) is 0 Å². The van der Waals surface area contributed by atoms with Crippen molar-refractivity contribution >= 4 is 35.0 Å². The van der Waals surface area contributed by atoms with Crippen molar-refractivity contribution in [2.45, 2.75) is 51.9 Å². The number of hydrogen-bond acceptors (Lipinski definition) is 4. The van der Waals surface area contributed by atoms with E-state index < -0.39 is 0 Å². The molecule has 0 radical (unpaired) electrons. The Hall–Kier alpha value is -3.34. The van der Waals surface area contributed by atoms with Crippen LogP contribution in [0.15, 0.2) is 42.5 Å². The summed E-state index contributed by atoms with van der Waals surface area (Å²) in [4.78, 5) is 30.9. The monoisotopic (exact) mass is 521 g/mol. The van der Waals surface area contributed by atoms with Crippen LogP contribution in [0.25, 0.3) is 0 Å². The number of hydrogen-bond donors (Lipinski definition) is 0. The van der Waals surface area contributed by atoms with Gasteiger partial charge in [0.2, 0.25) is 0 Å². The van der Waals surface area contributed by atoms with Crippen LogP contribution in [0.5, 0.6) is 0 Å². The van der Waals surface area contributed by atoms with Crippen molar-refractivity contribution in [2.24, 2.45) is 0 Å². The second-order valence-electron chi connectivity index (χ2n) is 9.55. The lowest BCUT2D eigenvalue weighted by molar-refractivity contribution is 0.0574. The summed E-state index contributed by atoms with van der Waals surface area (Å²) in [7, 11) is 0. The summed E-state index contributed by atoms with van der Waals surface area (Å²) in [6.45, 7) is 6.85. The molecule has 0 fully saturated rings. The maximum Gasteiger partial charge on any atom is 0.273 e. The summed E-state index contributed by atoms with van der Waals surface area (Å²) in [5.74, 6) is -0.263. The molecule has 3 aromatic rings. The van der Waals surface area contributed by atoms with Crippen LogP contribution in [0.4, 0.5) is 0 Å². The Morgan fingerprint density at radius 1 is 1.11 bits per heavy atom. The minimum Gasteiger partial charge on any atom is -0.331 e. The summed E-state index contributed by atoms with van der Waals surface area (Å²) in [6.07, 6.45) is 0.563. The molecule has 7 nitrogen and oxygen atoms in total. The first-order valence-corrected chi connectivity index (χ1v) is 12.6. The zero-order valence-corrected chi connectivity index (χ0v) is 21.7. The maximum atomic E-state index is 13.8. The van der Waals surface area contributed by atoms with Gasteiger partial charge in [0.15, 0.2) is 0 Å². The molecule has 1 aromatic heterocycles. The van der Waals surface area contributed by atoms with Crippen LogP contribution in [0.2, 0.25) is 10.0 Å². The van der Waals surface area contributed by atoms with Crippen molar-refractivity contribution in [2.75, 3.05) is 6.54 Å². The lowest BCUT2D eigenvalue weighted by Crippen LogP contribution is -2.45. The van der Waals surface area contributed by atoms with Crippen molar-refractivity contribution in [3.63, 3.8) is 0 Å². The van der Waals surface area contributed by atoms with Crippen LogP contribution in [0, 0.1) is 11.3 Å². The molecule has 0 spiro atoms. The second kappa shape index (κ2) is 9.27. The van der Waals surface area contributed by atoms with Crippen LogP contribution in [-0.4, -0.2) is 44.0 Å². The van der Waals surface area contributed by atoms with Crippen LogP contribution in [0.1, 0.15) is 76.1 Å². The van der Waals surface area contributed by atoms with Gasteiger partial charge in [-0.1, -0.05) is 35.3 Å². The van der Waals surface area contributed by atoms with Crippen molar-refractivity contribution in [1.29, 1.82) is 5.26 Å². The number of rotatable bonds is 3. The molecule has 1 unspecified atom stereocenters. The van der Waals surface area contributed by atoms with Gasteiger partial charge in [0.25, 0.3) is 11.8 Å². The SMILES string of the molecule is CC(c1ccc(C#N)cc1)N1C[C@@H](C)n2nc3c(c2C1=O)CN(C(=O)c1ccc(Cl)c(Cl)c1)[C@H](C)C3. The third-order valence-electron chi connectivity index (χ3n) is 7.20. The van der Waals surface area contributed by atoms with E-state index in [0.29, 0.717) is 46.4 Å². The van der Waals surface area contributed by atoms with Gasteiger partial charge < -0.3 is 9.80 Å². The van der Waals surface area contributed by atoms with E-state index >= 15 is 0 Å². The Morgan fingerprint density at radius 2 is 1.83 bits per heavy atom. The van der Waals surface area contributed by atoms with E-state index in [-0.39, 0.29) is 29.9 Å². The largest absolute Gasteiger partial charge is 0.331 e. The highest BCUT2D eigenvalue weighted by molar-refractivity contribution is 6.42. The molecule has 3 heterocycles. The van der Waals surface area contributed by atoms with Gasteiger partial charge in [-0.05, 0) is 56.7 Å². The van der Waals surface area contributed by atoms with Crippen LogP contribution in [-0.2, 0) is 13.0 Å². The number of benzene rings is 2. The number of carbonyl (C=O) groups is 2. The Kier molecular flexibility index (Phi) is 6.27. The molecule has 2 aromatic carbocycles. The van der Waals surface area contributed by atoms with Gasteiger partial charge in [0.1, 0.15) is 5.69 Å². The summed E-state index contributed by atoms with van der Waals surface area (Å²) in [6, 6.07) is 14.0. The molecule has 0 bridgehead atoms. The predicted octanol–water partition coefficient (Wildman–Crippen LogP) is 5.43. The van der Waals surface area contributed by atoms with E-state index in [1.807, 2.05) is 35.6 Å². The molecule has 2 amide bonds. The minimum absolute atomic E-state index is 0.0151. The third-order valence-corrected chi connectivity index (χ3v) is 7.94. The van der Waals surface area contributed by atoms with Gasteiger partial charge in [-0.15, -0.1) is 0 Å². The molecule has 2 aliphatic heterocycles. The quantitative estimate of drug-likeness (QED) is 0.460. The number of fused-ring (bicyclic) bond motifs is 3. The van der Waals surface area contributed by atoms with Gasteiger partial charge in [-0.2, -0.15) is 10.4 Å². The molecule has 9 heteroatoms. The van der Waals surface area contributed by atoms with E-state index in [1.165, 1.54) is 0 Å². The fourth-order valence-electron chi connectivity index (χ4n) is 5.11. The van der Waals surface area contributed by atoms with Crippen molar-refractivity contribution < 1.29 is 9.59 Å². The molecule has 184 valence electrons. The minimum atomic E-state index is -0.177. The van der Waals surface area contributed by atoms with E-state index in [0.717, 1.165) is 16.8 Å². The number of nitrogens with zero attached hydrogens (tertiary/aromatic N) is 5. The standard InChI is InChI=1S/C27H25Cl2N5O2/c1-15-10-24-21(14-32(15)26(35)20-8-9-22(28)23(29)11-20)25-27(36)33(13-16(2)34(25)31-24)17(3)19-6-4-18(12-30)5-7-19/h4-9,11,15-17H,10,13-14H2,1-3H3/t15-,16-,17?/m1/s1. The first kappa shape index (κ1) is 24.4. The first-order chi connectivity index (χ1) is 17.2. The normalized spacial score (nSPS) is 19.9. The lowest BCUT2D eigenvalue weighted by Gasteiger charge is -2.37. The van der Waals surface area contributed by atoms with Crippen LogP contribution < -0.4 is 0 Å². The van der Waals surface area contributed by atoms with Crippen molar-refractivity contribution in [1.82, 2.24) is 19.6 Å². The predicted molar refractivity (Wildman–Crippen MR) is 137 cm³/mol. The zero-order chi connectivity index (χ0) is 25.7. The molecule has 0 N–H and O–H groups in total. The third kappa shape index (κ3) is 4.04. The van der Waals surface area contributed by atoms with Gasteiger partial charge in [0.05, 0.1) is 46.0 Å². The topological polar surface area (TPSA) is 82.2 Å². The van der Waals surface area contributed by atoms with E-state index in [4.69, 9.17) is 33.6 Å². The summed E-state index contributed by atoms with van der Waals surface area (Å²) < 4.78 is 1.83. The van der Waals surface area contributed by atoms with Gasteiger partial charge in [0, 0.05) is 30.1 Å². The number of halogens is 2. The molecule has 3 atom stereocenters. The average Bonchev–Trinajstić information content (AvgIpc) is 3.25. The van der Waals surface area contributed by atoms with E-state index in [2.05, 4.69) is 13.0 Å². The Bertz CT molecular complexity index is 1410. The Morgan fingerprint density at radius 3 is 2.50 bits per heavy atom. The van der Waals surface area contributed by atoms with Crippen LogP contribution in [0.3, 0.4) is 0 Å². The number of carbonyl (C=O) groups excluding carboxylic acids is 2. The fourth-order valence-corrected chi connectivity index (χ4v) is 5.40. The molecular weight excluding hydrogens is 497 g/mol. The zero-order valence-electron chi connectivity index (χ0n) is 20.2. The number of amides is 2. The molecular formula is C27H25Cl2N5O2. The number of nitriles is 1. The Balaban J connectivity index is 1.47. The van der Waals surface area contributed by atoms with Gasteiger partial charge in [-0.3, -0.25) is 14.3 Å². The van der Waals surface area contributed by atoms with Crippen LogP contribution >= 0.6 is 23.2 Å². The highest BCUT2D eigenvalue weighted by Crippen LogP contribution is 2.35. The molecule has 2 aliphatic rings. The second-order valence-corrected chi connectivity index (χ2v) is 10.4. The number of aromatic nitrogens is 2. The van der Waals surface area contributed by atoms with E-state index in [9.17, 15) is 9.59 Å². The molecule has 0 saturated carbocycles. The molecule has 36 heavy (non-hydrogen) atoms. The first-order valence-electron chi connectivity index (χ1n) is 11.9. The smallest absolute Gasteiger partial charge is 0.273 e. The van der Waals surface area contributed by atoms with Crippen molar-refractivity contribution in [3.05, 3.63) is 86.2 Å². The summed E-state index contributed by atoms with van der Waals surface area (Å²) in [5.41, 5.74) is 4.21. The summed E-state index contributed by atoms with van der Waals surface area (Å²) >= 11 is 12.2. The Labute approximate surface area is 219 Å². The molecule has 0 aliphatic carbocycles. The van der Waals surface area contributed by atoms with Crippen molar-refractivity contribution in [3.8, 4) is 6.07 Å². The molecule has 5 rings (SSSR count). The summed E-state index contributed by atoms with van der Waals surface area (Å²) in [5, 5.41) is 14.6. The maximum absolute atomic E-state index is 13.8. The van der Waals surface area contributed by atoms with Gasteiger partial charge >= 0.3 is 0 Å². The van der Waals surface area contributed by atoms with E-state index in [1.54, 1.807) is 35.2 Å². The molecule has 0 saturated heterocycles. The average molecular weight is 522 g/mol.